The van der Waals surface area contributed by atoms with Gasteiger partial charge in [0.2, 0.25) is 0 Å². The van der Waals surface area contributed by atoms with Crippen LogP contribution in [0.3, 0.4) is 0 Å². The summed E-state index contributed by atoms with van der Waals surface area (Å²) in [6.45, 7) is 0.0625. The van der Waals surface area contributed by atoms with Crippen LogP contribution in [-0.4, -0.2) is 42.8 Å². The molecular formula is C42H38O7. The van der Waals surface area contributed by atoms with Crippen LogP contribution in [0.1, 0.15) is 53.0 Å². The van der Waals surface area contributed by atoms with Crippen LogP contribution in [0.2, 0.25) is 0 Å². The Bertz CT molecular complexity index is 1730. The minimum Gasteiger partial charge on any atom is -0.481 e. The highest BCUT2D eigenvalue weighted by Crippen LogP contribution is 2.45. The van der Waals surface area contributed by atoms with Gasteiger partial charge < -0.3 is 19.3 Å². The summed E-state index contributed by atoms with van der Waals surface area (Å²) in [7, 11) is 0. The van der Waals surface area contributed by atoms with Crippen molar-refractivity contribution in [1.29, 1.82) is 0 Å². The maximum atomic E-state index is 13.5. The van der Waals surface area contributed by atoms with Crippen molar-refractivity contribution in [2.75, 3.05) is 19.8 Å². The van der Waals surface area contributed by atoms with Crippen molar-refractivity contribution in [1.82, 2.24) is 0 Å². The van der Waals surface area contributed by atoms with Crippen molar-refractivity contribution >= 4 is 17.9 Å². The van der Waals surface area contributed by atoms with E-state index in [0.29, 0.717) is 0 Å². The van der Waals surface area contributed by atoms with Gasteiger partial charge in [0.15, 0.2) is 0 Å². The lowest BCUT2D eigenvalue weighted by Crippen LogP contribution is -2.36. The number of carboxylic acid groups (broad SMARTS) is 1. The van der Waals surface area contributed by atoms with Crippen molar-refractivity contribution in [2.45, 2.75) is 30.8 Å². The van der Waals surface area contributed by atoms with Crippen LogP contribution in [-0.2, 0) is 34.2 Å². The van der Waals surface area contributed by atoms with E-state index in [-0.39, 0.29) is 45.0 Å². The summed E-state index contributed by atoms with van der Waals surface area (Å²) >= 11 is 0. The Labute approximate surface area is 286 Å². The summed E-state index contributed by atoms with van der Waals surface area (Å²) < 4.78 is 18.4. The number of aliphatic carboxylic acids is 1. The Morgan fingerprint density at radius 1 is 0.571 bits per heavy atom. The van der Waals surface area contributed by atoms with Gasteiger partial charge >= 0.3 is 17.9 Å². The number of fused-ring (bicyclic) bond motifs is 3. The fraction of sp³-hybridized carbons (Fsp3) is 0.214. The van der Waals surface area contributed by atoms with Gasteiger partial charge in [-0.2, -0.15) is 0 Å². The van der Waals surface area contributed by atoms with Crippen molar-refractivity contribution in [3.05, 3.63) is 167 Å². The predicted molar refractivity (Wildman–Crippen MR) is 186 cm³/mol. The number of hydrogen-bond acceptors (Lipinski definition) is 6. The third-order valence-corrected chi connectivity index (χ3v) is 8.93. The van der Waals surface area contributed by atoms with Gasteiger partial charge in [0.1, 0.15) is 12.2 Å². The standard InChI is InChI=1S/C42H38O7/c43-39(44)24-25-40(45)47-27-30(26-41(46)48-29-38-36-22-12-10-20-34(36)35-21-11-13-23-37(35)38)28-49-42(31-14-4-1-5-15-31,32-16-6-2-7-17-32)33-18-8-3-9-19-33/h1-23,30,38H,24-29H2,(H,43,44)/t30-/m1/s1. The normalized spacial score (nSPS) is 12.8. The average Bonchev–Trinajstić information content (AvgIpc) is 3.47. The topological polar surface area (TPSA) is 99.1 Å². The third-order valence-electron chi connectivity index (χ3n) is 8.93. The van der Waals surface area contributed by atoms with Crippen LogP contribution in [0.25, 0.3) is 11.1 Å². The zero-order valence-electron chi connectivity index (χ0n) is 27.1. The highest BCUT2D eigenvalue weighted by molar-refractivity contribution is 5.79. The molecule has 0 aromatic heterocycles. The Kier molecular flexibility index (Phi) is 10.6. The van der Waals surface area contributed by atoms with Crippen LogP contribution >= 0.6 is 0 Å². The quantitative estimate of drug-likeness (QED) is 0.0910. The lowest BCUT2D eigenvalue weighted by atomic mass is 9.80. The molecule has 1 N–H and O–H groups in total. The SMILES string of the molecule is O=C(O)CCC(=O)OC[C@H](COC(c1ccccc1)(c1ccccc1)c1ccccc1)CC(=O)OCC1c2ccccc2-c2ccccc21. The van der Waals surface area contributed by atoms with E-state index in [4.69, 9.17) is 19.3 Å². The zero-order valence-corrected chi connectivity index (χ0v) is 27.1. The van der Waals surface area contributed by atoms with Gasteiger partial charge in [-0.25, -0.2) is 0 Å². The minimum atomic E-state index is -1.09. The van der Waals surface area contributed by atoms with Crippen LogP contribution in [0, 0.1) is 5.92 Å². The summed E-state index contributed by atoms with van der Waals surface area (Å²) in [6, 6.07) is 45.9. The molecule has 0 bridgehead atoms. The number of ether oxygens (including phenoxy) is 3. The van der Waals surface area contributed by atoms with Gasteiger partial charge in [-0.15, -0.1) is 0 Å². The number of benzene rings is 5. The molecule has 0 heterocycles. The monoisotopic (exact) mass is 654 g/mol. The largest absolute Gasteiger partial charge is 0.481 e. The average molecular weight is 655 g/mol. The van der Waals surface area contributed by atoms with Crippen LogP contribution in [0.5, 0.6) is 0 Å². The molecule has 0 amide bonds. The lowest BCUT2D eigenvalue weighted by molar-refractivity contribution is -0.153. The molecule has 5 aromatic rings. The fourth-order valence-electron chi connectivity index (χ4n) is 6.58. The second kappa shape index (κ2) is 15.6. The van der Waals surface area contributed by atoms with Crippen molar-refractivity contribution < 1.29 is 33.7 Å². The maximum Gasteiger partial charge on any atom is 0.306 e. The Hall–Kier alpha value is -5.53. The van der Waals surface area contributed by atoms with E-state index in [0.717, 1.165) is 38.9 Å². The molecule has 0 unspecified atom stereocenters. The molecule has 0 saturated heterocycles. The van der Waals surface area contributed by atoms with E-state index in [9.17, 15) is 14.4 Å². The molecule has 0 saturated carbocycles. The molecule has 0 radical (unpaired) electrons. The molecular weight excluding hydrogens is 616 g/mol. The summed E-state index contributed by atoms with van der Waals surface area (Å²) in [4.78, 5) is 37.1. The van der Waals surface area contributed by atoms with E-state index in [2.05, 4.69) is 24.3 Å². The first-order chi connectivity index (χ1) is 24.0. The first kappa shape index (κ1) is 33.4. The van der Waals surface area contributed by atoms with Crippen molar-refractivity contribution in [3.63, 3.8) is 0 Å². The molecule has 7 heteroatoms. The summed E-state index contributed by atoms with van der Waals surface area (Å²) in [5.74, 6) is -2.86. The van der Waals surface area contributed by atoms with Crippen molar-refractivity contribution in [3.8, 4) is 11.1 Å². The third kappa shape index (κ3) is 7.63. The summed E-state index contributed by atoms with van der Waals surface area (Å²) in [5.41, 5.74) is 6.14. The van der Waals surface area contributed by atoms with E-state index in [1.807, 2.05) is 115 Å². The maximum absolute atomic E-state index is 13.5. The van der Waals surface area contributed by atoms with Gasteiger partial charge in [0.05, 0.1) is 32.5 Å². The molecule has 248 valence electrons. The van der Waals surface area contributed by atoms with Crippen LogP contribution in [0.15, 0.2) is 140 Å². The van der Waals surface area contributed by atoms with Crippen LogP contribution in [0.4, 0.5) is 0 Å². The van der Waals surface area contributed by atoms with E-state index < -0.39 is 29.4 Å². The minimum absolute atomic E-state index is 0.0368. The van der Waals surface area contributed by atoms with E-state index >= 15 is 0 Å². The number of hydrogen-bond donors (Lipinski definition) is 1. The predicted octanol–water partition coefficient (Wildman–Crippen LogP) is 7.77. The Morgan fingerprint density at radius 3 is 1.53 bits per heavy atom. The number of rotatable bonds is 15. The summed E-state index contributed by atoms with van der Waals surface area (Å²) in [6.07, 6.45) is -0.683. The van der Waals surface area contributed by atoms with E-state index in [1.54, 1.807) is 0 Å². The molecule has 0 spiro atoms. The Balaban J connectivity index is 1.25. The molecule has 1 aliphatic carbocycles. The van der Waals surface area contributed by atoms with Gasteiger partial charge in [0.25, 0.3) is 0 Å². The molecule has 5 aromatic carbocycles. The second-order valence-corrected chi connectivity index (χ2v) is 12.1. The lowest BCUT2D eigenvalue weighted by Gasteiger charge is -2.37. The number of carbonyl (C=O) groups is 3. The molecule has 7 nitrogen and oxygen atoms in total. The zero-order chi connectivity index (χ0) is 34.1. The van der Waals surface area contributed by atoms with E-state index in [1.165, 1.54) is 0 Å². The molecule has 1 aliphatic rings. The Morgan fingerprint density at radius 2 is 1.04 bits per heavy atom. The first-order valence-corrected chi connectivity index (χ1v) is 16.5. The van der Waals surface area contributed by atoms with Crippen molar-refractivity contribution in [2.24, 2.45) is 5.92 Å². The molecule has 49 heavy (non-hydrogen) atoms. The molecule has 1 atom stereocenters. The molecule has 0 aliphatic heterocycles. The number of carboxylic acids is 1. The summed E-state index contributed by atoms with van der Waals surface area (Å²) in [5, 5.41) is 9.04. The molecule has 6 rings (SSSR count). The number of esters is 2. The van der Waals surface area contributed by atoms with Gasteiger partial charge in [-0.05, 0) is 38.9 Å². The number of carbonyl (C=O) groups excluding carboxylic acids is 2. The highest BCUT2D eigenvalue weighted by atomic mass is 16.5. The van der Waals surface area contributed by atoms with Gasteiger partial charge in [-0.3, -0.25) is 14.4 Å². The van der Waals surface area contributed by atoms with Gasteiger partial charge in [-0.1, -0.05) is 140 Å². The fourth-order valence-corrected chi connectivity index (χ4v) is 6.58. The van der Waals surface area contributed by atoms with Gasteiger partial charge in [0, 0.05) is 11.8 Å². The smallest absolute Gasteiger partial charge is 0.306 e. The highest BCUT2D eigenvalue weighted by Gasteiger charge is 2.38. The van der Waals surface area contributed by atoms with Crippen LogP contribution < -0.4 is 0 Å². The molecule has 0 fully saturated rings. The first-order valence-electron chi connectivity index (χ1n) is 16.5. The second-order valence-electron chi connectivity index (χ2n) is 12.1.